The number of aliphatic hydroxyl groups is 1. The quantitative estimate of drug-likeness (QED) is 0.420. The summed E-state index contributed by atoms with van der Waals surface area (Å²) < 4.78 is 34.9. The number of benzene rings is 2. The van der Waals surface area contributed by atoms with Gasteiger partial charge in [0.15, 0.2) is 0 Å². The highest BCUT2D eigenvalue weighted by atomic mass is 35.5. The zero-order valence-electron chi connectivity index (χ0n) is 23.0. The highest BCUT2D eigenvalue weighted by Gasteiger charge is 2.33. The van der Waals surface area contributed by atoms with Crippen LogP contribution in [0.5, 0.6) is 5.75 Å². The molecule has 2 aliphatic heterocycles. The summed E-state index contributed by atoms with van der Waals surface area (Å²) in [7, 11) is -3.92. The largest absolute Gasteiger partial charge is 0.487 e. The second-order valence-electron chi connectivity index (χ2n) is 11.3. The number of carbonyl (C=O) groups is 1. The topological polar surface area (TPSA) is 95.9 Å². The molecule has 5 rings (SSSR count). The summed E-state index contributed by atoms with van der Waals surface area (Å²) in [5.41, 5.74) is 3.35. The van der Waals surface area contributed by atoms with Crippen molar-refractivity contribution in [1.29, 1.82) is 0 Å². The average molecular weight is 587 g/mol. The summed E-state index contributed by atoms with van der Waals surface area (Å²) >= 11 is 6.29. The van der Waals surface area contributed by atoms with Crippen LogP contribution in [0.25, 0.3) is 0 Å². The second kappa shape index (κ2) is 12.5. The molecule has 216 valence electrons. The van der Waals surface area contributed by atoms with Crippen molar-refractivity contribution in [3.63, 3.8) is 0 Å². The number of hydrogen-bond acceptors (Lipinski definition) is 6. The molecule has 2 N–H and O–H groups in total. The zero-order valence-corrected chi connectivity index (χ0v) is 24.6. The van der Waals surface area contributed by atoms with Gasteiger partial charge in [0, 0.05) is 23.7 Å². The number of aryl methyl sites for hydroxylation is 1. The Morgan fingerprint density at radius 1 is 1.05 bits per heavy atom. The van der Waals surface area contributed by atoms with Crippen molar-refractivity contribution >= 4 is 33.2 Å². The molecule has 1 amide bonds. The maximum Gasteiger partial charge on any atom is 0.264 e. The highest BCUT2D eigenvalue weighted by Crippen LogP contribution is 2.40. The van der Waals surface area contributed by atoms with Crippen LogP contribution < -0.4 is 14.4 Å². The predicted octanol–water partition coefficient (Wildman–Crippen LogP) is 5.64. The molecule has 1 saturated carbocycles. The van der Waals surface area contributed by atoms with Crippen LogP contribution in [-0.4, -0.2) is 43.9 Å². The van der Waals surface area contributed by atoms with E-state index in [0.717, 1.165) is 56.4 Å². The Bertz CT molecular complexity index is 1360. The Hall–Kier alpha value is -2.55. The van der Waals surface area contributed by atoms with Gasteiger partial charge < -0.3 is 14.7 Å². The van der Waals surface area contributed by atoms with Crippen LogP contribution in [-0.2, 0) is 23.1 Å². The average Bonchev–Trinajstić information content (AvgIpc) is 2.93. The molecule has 0 saturated heterocycles. The van der Waals surface area contributed by atoms with E-state index in [1.54, 1.807) is 25.1 Å². The lowest BCUT2D eigenvalue weighted by atomic mass is 9.73. The van der Waals surface area contributed by atoms with E-state index in [2.05, 4.69) is 15.7 Å². The molecule has 0 spiro atoms. The summed E-state index contributed by atoms with van der Waals surface area (Å²) in [4.78, 5) is 15.6. The number of nitrogens with zero attached hydrogens (tertiary/aromatic N) is 1. The number of anilines is 1. The first-order valence-corrected chi connectivity index (χ1v) is 16.4. The smallest absolute Gasteiger partial charge is 0.264 e. The molecule has 2 unspecified atom stereocenters. The fourth-order valence-electron chi connectivity index (χ4n) is 6.01. The van der Waals surface area contributed by atoms with Crippen LogP contribution in [0.4, 0.5) is 5.69 Å². The standard InChI is InChI=1S/C31H39ClN2O5S/c1-2-28-14-13-27(35)12-9-21-6-7-24(21)19-34-16-4-3-5-22-17-26(32)11-8-25(22)20-39-30-15-10-23(18-29(30)34)31(36)33-40(28,37)38/h8-12,15,17-18,21,24,27-28,35H,2-7,13-14,16,19-20H2,1H3,(H,33,36)/b12-9+/t21?,24?,27-,28-/m1/s1. The van der Waals surface area contributed by atoms with Crippen molar-refractivity contribution in [3.05, 3.63) is 70.3 Å². The number of allylic oxidation sites excluding steroid dienone is 1. The van der Waals surface area contributed by atoms with Crippen LogP contribution in [0.2, 0.25) is 5.02 Å². The maximum absolute atomic E-state index is 13.3. The first-order valence-electron chi connectivity index (χ1n) is 14.4. The first kappa shape index (κ1) is 29.0. The van der Waals surface area contributed by atoms with Gasteiger partial charge in [-0.1, -0.05) is 36.7 Å². The molecule has 3 aliphatic rings. The normalized spacial score (nSPS) is 28.0. The molecule has 40 heavy (non-hydrogen) atoms. The van der Waals surface area contributed by atoms with Gasteiger partial charge in [0.05, 0.1) is 17.0 Å². The summed E-state index contributed by atoms with van der Waals surface area (Å²) in [6.45, 7) is 3.73. The lowest BCUT2D eigenvalue weighted by Gasteiger charge is -2.40. The molecule has 2 aromatic rings. The van der Waals surface area contributed by atoms with Crippen LogP contribution >= 0.6 is 11.6 Å². The van der Waals surface area contributed by atoms with E-state index < -0.39 is 27.3 Å². The third kappa shape index (κ3) is 6.67. The van der Waals surface area contributed by atoms with Gasteiger partial charge >= 0.3 is 0 Å². The van der Waals surface area contributed by atoms with Crippen molar-refractivity contribution in [1.82, 2.24) is 4.72 Å². The van der Waals surface area contributed by atoms with Crippen molar-refractivity contribution in [2.24, 2.45) is 11.8 Å². The molecular weight excluding hydrogens is 548 g/mol. The van der Waals surface area contributed by atoms with Gasteiger partial charge in [-0.3, -0.25) is 4.79 Å². The molecule has 2 bridgehead atoms. The van der Waals surface area contributed by atoms with Gasteiger partial charge in [0.1, 0.15) is 12.4 Å². The molecule has 0 radical (unpaired) electrons. The molecule has 2 aromatic carbocycles. The van der Waals surface area contributed by atoms with Gasteiger partial charge in [0.25, 0.3) is 5.91 Å². The molecule has 2 heterocycles. The number of rotatable bonds is 1. The van der Waals surface area contributed by atoms with Gasteiger partial charge in [-0.2, -0.15) is 0 Å². The Morgan fingerprint density at radius 3 is 2.67 bits per heavy atom. The summed E-state index contributed by atoms with van der Waals surface area (Å²) in [5.74, 6) is 0.793. The molecule has 7 nitrogen and oxygen atoms in total. The Balaban J connectivity index is 1.53. The van der Waals surface area contributed by atoms with E-state index in [9.17, 15) is 18.3 Å². The maximum atomic E-state index is 13.3. The first-order chi connectivity index (χ1) is 19.2. The minimum Gasteiger partial charge on any atom is -0.487 e. The minimum absolute atomic E-state index is 0.275. The predicted molar refractivity (Wildman–Crippen MR) is 158 cm³/mol. The monoisotopic (exact) mass is 586 g/mol. The Kier molecular flexibility index (Phi) is 9.08. The number of aliphatic hydroxyl groups excluding tert-OH is 1. The number of halogens is 1. The zero-order chi connectivity index (χ0) is 28.3. The molecule has 1 aliphatic carbocycles. The number of ether oxygens (including phenoxy) is 1. The van der Waals surface area contributed by atoms with E-state index in [1.807, 2.05) is 24.3 Å². The Labute approximate surface area is 242 Å². The van der Waals surface area contributed by atoms with Gasteiger partial charge in [-0.25, -0.2) is 13.1 Å². The summed E-state index contributed by atoms with van der Waals surface area (Å²) in [6, 6.07) is 11.1. The number of carbonyl (C=O) groups excluding carboxylic acids is 1. The van der Waals surface area contributed by atoms with E-state index in [0.29, 0.717) is 42.1 Å². The number of nitrogens with one attached hydrogen (secondary N) is 1. The number of fused-ring (bicyclic) bond motifs is 3. The number of amides is 1. The van der Waals surface area contributed by atoms with Crippen LogP contribution in [0, 0.1) is 11.8 Å². The lowest BCUT2D eigenvalue weighted by Crippen LogP contribution is -2.40. The fourth-order valence-corrected chi connectivity index (χ4v) is 7.63. The van der Waals surface area contributed by atoms with Gasteiger partial charge in [0.2, 0.25) is 10.0 Å². The lowest BCUT2D eigenvalue weighted by molar-refractivity contribution is 0.0981. The van der Waals surface area contributed by atoms with E-state index in [1.165, 1.54) is 5.56 Å². The molecular formula is C31H39ClN2O5S. The van der Waals surface area contributed by atoms with Crippen molar-refractivity contribution in [3.8, 4) is 5.75 Å². The molecule has 0 aromatic heterocycles. The number of hydrogen-bond donors (Lipinski definition) is 2. The fraction of sp³-hybridized carbons (Fsp3) is 0.516. The van der Waals surface area contributed by atoms with Gasteiger partial charge in [-0.05, 0) is 105 Å². The van der Waals surface area contributed by atoms with Crippen LogP contribution in [0.1, 0.15) is 73.4 Å². The molecule has 4 atom stereocenters. The SMILES string of the molecule is CC[C@@H]1CC[C@H](O)/C=C/C2CCC2CN2CCCCc3cc(Cl)ccc3COc3ccc(cc32)C(=O)NS1(=O)=O. The van der Waals surface area contributed by atoms with Gasteiger partial charge in [-0.15, -0.1) is 0 Å². The minimum atomic E-state index is -3.92. The number of sulfonamides is 1. The summed E-state index contributed by atoms with van der Waals surface area (Å²) in [6.07, 6.45) is 9.17. The van der Waals surface area contributed by atoms with E-state index in [4.69, 9.17) is 16.3 Å². The van der Waals surface area contributed by atoms with Crippen molar-refractivity contribution in [2.45, 2.75) is 76.3 Å². The van der Waals surface area contributed by atoms with E-state index >= 15 is 0 Å². The molecule has 1 fully saturated rings. The second-order valence-corrected chi connectivity index (χ2v) is 13.7. The van der Waals surface area contributed by atoms with Crippen LogP contribution in [0.15, 0.2) is 48.6 Å². The van der Waals surface area contributed by atoms with Crippen molar-refractivity contribution in [2.75, 3.05) is 18.0 Å². The Morgan fingerprint density at radius 2 is 1.90 bits per heavy atom. The third-order valence-electron chi connectivity index (χ3n) is 8.66. The molecule has 9 heteroatoms. The van der Waals surface area contributed by atoms with Crippen molar-refractivity contribution < 1.29 is 23.1 Å². The van der Waals surface area contributed by atoms with Crippen LogP contribution in [0.3, 0.4) is 0 Å². The summed E-state index contributed by atoms with van der Waals surface area (Å²) in [5, 5.41) is 10.5. The van der Waals surface area contributed by atoms with E-state index in [-0.39, 0.29) is 12.0 Å². The third-order valence-corrected chi connectivity index (χ3v) is 10.8. The highest BCUT2D eigenvalue weighted by molar-refractivity contribution is 7.90.